The molecule has 1 aromatic heterocycles. The summed E-state index contributed by atoms with van der Waals surface area (Å²) in [6.45, 7) is 4.12. The van der Waals surface area contributed by atoms with Crippen LogP contribution in [0.1, 0.15) is 18.4 Å². The third-order valence-electron chi connectivity index (χ3n) is 3.75. The molecule has 1 amide bonds. The second-order valence-electron chi connectivity index (χ2n) is 5.69. The van der Waals surface area contributed by atoms with Crippen LogP contribution in [0.4, 0.5) is 10.1 Å². The van der Waals surface area contributed by atoms with Crippen molar-refractivity contribution in [3.63, 3.8) is 0 Å². The Morgan fingerprint density at radius 2 is 2.04 bits per heavy atom. The molecule has 1 heterocycles. The van der Waals surface area contributed by atoms with E-state index in [0.29, 0.717) is 41.0 Å². The van der Waals surface area contributed by atoms with Crippen molar-refractivity contribution in [2.45, 2.75) is 20.3 Å². The van der Waals surface area contributed by atoms with E-state index in [2.05, 4.69) is 10.3 Å². The van der Waals surface area contributed by atoms with Gasteiger partial charge in [-0.25, -0.2) is 9.37 Å². The Kier molecular flexibility index (Phi) is 5.31. The Balaban J connectivity index is 1.74. The Hall–Kier alpha value is -3.15. The molecule has 0 bridgehead atoms. The minimum Gasteiger partial charge on any atom is -0.492 e. The Bertz CT molecular complexity index is 921. The van der Waals surface area contributed by atoms with Crippen LogP contribution in [-0.4, -0.2) is 17.5 Å². The van der Waals surface area contributed by atoms with Gasteiger partial charge in [0.15, 0.2) is 0 Å². The monoisotopic (exact) mass is 354 g/mol. The van der Waals surface area contributed by atoms with Crippen molar-refractivity contribution in [3.05, 3.63) is 65.8 Å². The van der Waals surface area contributed by atoms with Crippen molar-refractivity contribution in [2.24, 2.45) is 0 Å². The van der Waals surface area contributed by atoms with Gasteiger partial charge in [-0.3, -0.25) is 4.79 Å². The quantitative estimate of drug-likeness (QED) is 0.714. The summed E-state index contributed by atoms with van der Waals surface area (Å²) in [5.41, 5.74) is 1.64. The fourth-order valence-corrected chi connectivity index (χ4v) is 2.53. The van der Waals surface area contributed by atoms with E-state index in [1.807, 2.05) is 19.1 Å². The van der Waals surface area contributed by atoms with Crippen LogP contribution in [0.3, 0.4) is 0 Å². The van der Waals surface area contributed by atoms with Crippen LogP contribution in [0, 0.1) is 12.7 Å². The summed E-state index contributed by atoms with van der Waals surface area (Å²) in [5, 5.41) is 2.82. The number of aryl methyl sites for hydroxylation is 1. The number of benzene rings is 2. The van der Waals surface area contributed by atoms with E-state index in [-0.39, 0.29) is 18.1 Å². The lowest BCUT2D eigenvalue weighted by molar-refractivity contribution is -0.115. The average Bonchev–Trinajstić information content (AvgIpc) is 2.97. The number of carbonyl (C=O) groups excluding carboxylic acids is 1. The van der Waals surface area contributed by atoms with E-state index >= 15 is 0 Å². The molecule has 0 aliphatic heterocycles. The summed E-state index contributed by atoms with van der Waals surface area (Å²) in [6.07, 6.45) is 0.0467. The van der Waals surface area contributed by atoms with Crippen molar-refractivity contribution >= 4 is 11.6 Å². The number of hydrogen-bond donors (Lipinski definition) is 1. The number of nitrogens with one attached hydrogen (secondary N) is 1. The molecule has 3 aromatic rings. The normalized spacial score (nSPS) is 10.6. The molecule has 3 rings (SSSR count). The average molecular weight is 354 g/mol. The Labute approximate surface area is 150 Å². The van der Waals surface area contributed by atoms with Crippen LogP contribution in [0.5, 0.6) is 5.75 Å². The largest absolute Gasteiger partial charge is 0.492 e. The number of hydrogen-bond acceptors (Lipinski definition) is 4. The van der Waals surface area contributed by atoms with Gasteiger partial charge in [0.25, 0.3) is 0 Å². The third-order valence-corrected chi connectivity index (χ3v) is 3.75. The molecule has 0 atom stereocenters. The van der Waals surface area contributed by atoms with E-state index in [0.717, 1.165) is 0 Å². The molecule has 2 aromatic carbocycles. The van der Waals surface area contributed by atoms with E-state index in [4.69, 9.17) is 9.15 Å². The molecule has 6 heteroatoms. The standard InChI is InChI=1S/C20H19FN2O3/c1-3-25-18-10-5-4-9-16(18)22-19(24)12-17-13(2)26-20(23-17)14-7-6-8-15(21)11-14/h4-11H,3,12H2,1-2H3,(H,22,24). The maximum Gasteiger partial charge on any atom is 0.230 e. The molecule has 134 valence electrons. The summed E-state index contributed by atoms with van der Waals surface area (Å²) in [4.78, 5) is 16.7. The highest BCUT2D eigenvalue weighted by Gasteiger charge is 2.16. The van der Waals surface area contributed by atoms with Gasteiger partial charge in [-0.2, -0.15) is 0 Å². The van der Waals surface area contributed by atoms with Crippen molar-refractivity contribution in [1.29, 1.82) is 0 Å². The fraction of sp³-hybridized carbons (Fsp3) is 0.200. The molecule has 26 heavy (non-hydrogen) atoms. The number of oxazole rings is 1. The fourth-order valence-electron chi connectivity index (χ4n) is 2.53. The summed E-state index contributed by atoms with van der Waals surface area (Å²) < 4.78 is 24.5. The molecule has 5 nitrogen and oxygen atoms in total. The predicted molar refractivity (Wildman–Crippen MR) is 96.6 cm³/mol. The van der Waals surface area contributed by atoms with Gasteiger partial charge in [-0.15, -0.1) is 0 Å². The van der Waals surface area contributed by atoms with Crippen LogP contribution in [-0.2, 0) is 11.2 Å². The second kappa shape index (κ2) is 7.82. The van der Waals surface area contributed by atoms with Gasteiger partial charge in [-0.1, -0.05) is 18.2 Å². The number of nitrogens with zero attached hydrogens (tertiary/aromatic N) is 1. The first-order chi connectivity index (χ1) is 12.6. The van der Waals surface area contributed by atoms with Gasteiger partial charge in [0.1, 0.15) is 17.3 Å². The number of anilines is 1. The molecular weight excluding hydrogens is 335 g/mol. The molecule has 0 saturated heterocycles. The minimum absolute atomic E-state index is 0.0467. The maximum atomic E-state index is 13.4. The maximum absolute atomic E-state index is 13.4. The number of carbonyl (C=O) groups is 1. The van der Waals surface area contributed by atoms with E-state index in [9.17, 15) is 9.18 Å². The molecule has 0 spiro atoms. The van der Waals surface area contributed by atoms with Crippen molar-refractivity contribution in [3.8, 4) is 17.2 Å². The first-order valence-corrected chi connectivity index (χ1v) is 8.30. The zero-order chi connectivity index (χ0) is 18.5. The molecule has 0 saturated carbocycles. The van der Waals surface area contributed by atoms with Gasteiger partial charge in [-0.05, 0) is 44.2 Å². The highest BCUT2D eigenvalue weighted by atomic mass is 19.1. The highest BCUT2D eigenvalue weighted by Crippen LogP contribution is 2.25. The lowest BCUT2D eigenvalue weighted by Crippen LogP contribution is -2.16. The SMILES string of the molecule is CCOc1ccccc1NC(=O)Cc1nc(-c2cccc(F)c2)oc1C. The van der Waals surface area contributed by atoms with Crippen LogP contribution in [0.2, 0.25) is 0 Å². The first kappa shape index (κ1) is 17.7. The molecule has 0 aliphatic rings. The van der Waals surface area contributed by atoms with Gasteiger partial charge in [0.2, 0.25) is 11.8 Å². The number of para-hydroxylation sites is 2. The predicted octanol–water partition coefficient (Wildman–Crippen LogP) is 4.37. The van der Waals surface area contributed by atoms with Crippen LogP contribution in [0.15, 0.2) is 52.9 Å². The zero-order valence-corrected chi connectivity index (χ0v) is 14.6. The van der Waals surface area contributed by atoms with Crippen LogP contribution < -0.4 is 10.1 Å². The molecule has 0 aliphatic carbocycles. The van der Waals surface area contributed by atoms with Gasteiger partial charge in [0, 0.05) is 5.56 Å². The number of amides is 1. The number of halogens is 1. The smallest absolute Gasteiger partial charge is 0.230 e. The highest BCUT2D eigenvalue weighted by molar-refractivity contribution is 5.93. The number of ether oxygens (including phenoxy) is 1. The summed E-state index contributed by atoms with van der Waals surface area (Å²) >= 11 is 0. The molecule has 0 unspecified atom stereocenters. The summed E-state index contributed by atoms with van der Waals surface area (Å²) in [7, 11) is 0. The van der Waals surface area contributed by atoms with Crippen LogP contribution >= 0.6 is 0 Å². The molecule has 1 N–H and O–H groups in total. The zero-order valence-electron chi connectivity index (χ0n) is 14.6. The van der Waals surface area contributed by atoms with Crippen molar-refractivity contribution < 1.29 is 18.3 Å². The third kappa shape index (κ3) is 4.08. The second-order valence-corrected chi connectivity index (χ2v) is 5.69. The summed E-state index contributed by atoms with van der Waals surface area (Å²) in [5.74, 6) is 0.821. The van der Waals surface area contributed by atoms with Crippen molar-refractivity contribution in [1.82, 2.24) is 4.98 Å². The van der Waals surface area contributed by atoms with Gasteiger partial charge >= 0.3 is 0 Å². The van der Waals surface area contributed by atoms with Gasteiger partial charge < -0.3 is 14.5 Å². The van der Waals surface area contributed by atoms with Gasteiger partial charge in [0.05, 0.1) is 24.4 Å². The lowest BCUT2D eigenvalue weighted by atomic mass is 10.2. The molecule has 0 fully saturated rings. The van der Waals surface area contributed by atoms with E-state index in [1.165, 1.54) is 12.1 Å². The number of rotatable bonds is 6. The summed E-state index contributed by atoms with van der Waals surface area (Å²) in [6, 6.07) is 13.2. The topological polar surface area (TPSA) is 64.4 Å². The van der Waals surface area contributed by atoms with E-state index < -0.39 is 0 Å². The Morgan fingerprint density at radius 3 is 2.81 bits per heavy atom. The Morgan fingerprint density at radius 1 is 1.23 bits per heavy atom. The lowest BCUT2D eigenvalue weighted by Gasteiger charge is -2.10. The minimum atomic E-state index is -0.370. The number of aromatic nitrogens is 1. The van der Waals surface area contributed by atoms with Crippen LogP contribution in [0.25, 0.3) is 11.5 Å². The van der Waals surface area contributed by atoms with E-state index in [1.54, 1.807) is 31.2 Å². The molecule has 0 radical (unpaired) electrons. The van der Waals surface area contributed by atoms with Crippen molar-refractivity contribution in [2.75, 3.05) is 11.9 Å². The molecular formula is C20H19FN2O3. The first-order valence-electron chi connectivity index (χ1n) is 8.30.